The molecule has 1 saturated heterocycles. The molecule has 0 aromatic rings. The summed E-state index contributed by atoms with van der Waals surface area (Å²) in [6.45, 7) is 0.951. The molecule has 86 valence electrons. The summed E-state index contributed by atoms with van der Waals surface area (Å²) in [5.41, 5.74) is 0. The smallest absolute Gasteiger partial charge is 0.307 e. The second kappa shape index (κ2) is 3.40. The SMILES string of the molecule is CN1CC2CC(F)(F)CC(C1)C2C(=O)O. The van der Waals surface area contributed by atoms with Crippen LogP contribution in [0, 0.1) is 17.8 Å². The van der Waals surface area contributed by atoms with Gasteiger partial charge in [0.05, 0.1) is 5.92 Å². The topological polar surface area (TPSA) is 40.5 Å². The largest absolute Gasteiger partial charge is 0.481 e. The van der Waals surface area contributed by atoms with Crippen molar-refractivity contribution in [2.24, 2.45) is 17.8 Å². The third kappa shape index (κ3) is 1.97. The summed E-state index contributed by atoms with van der Waals surface area (Å²) >= 11 is 0. The Labute approximate surface area is 87.1 Å². The zero-order chi connectivity index (χ0) is 11.2. The number of fused-ring (bicyclic) bond motifs is 2. The lowest BCUT2D eigenvalue weighted by Crippen LogP contribution is -2.54. The second-order valence-corrected chi connectivity index (χ2v) is 4.87. The Balaban J connectivity index is 2.21. The molecule has 1 N–H and O–H groups in total. The van der Waals surface area contributed by atoms with Crippen LogP contribution in [0.4, 0.5) is 8.78 Å². The van der Waals surface area contributed by atoms with E-state index in [4.69, 9.17) is 5.11 Å². The molecule has 0 amide bonds. The average molecular weight is 219 g/mol. The molecular formula is C10H15F2NO2. The van der Waals surface area contributed by atoms with Crippen LogP contribution in [0.1, 0.15) is 12.8 Å². The molecule has 3 nitrogen and oxygen atoms in total. The number of halogens is 2. The number of hydrogen-bond donors (Lipinski definition) is 1. The van der Waals surface area contributed by atoms with Crippen LogP contribution in [-0.4, -0.2) is 42.0 Å². The lowest BCUT2D eigenvalue weighted by Gasteiger charge is -2.46. The molecule has 0 aromatic carbocycles. The molecule has 2 atom stereocenters. The summed E-state index contributed by atoms with van der Waals surface area (Å²) in [7, 11) is 1.86. The number of carboxylic acid groups (broad SMARTS) is 1. The third-order valence-corrected chi connectivity index (χ3v) is 3.51. The number of alkyl halides is 2. The molecule has 0 spiro atoms. The van der Waals surface area contributed by atoms with E-state index in [1.807, 2.05) is 11.9 Å². The summed E-state index contributed by atoms with van der Waals surface area (Å²) < 4.78 is 26.6. The first-order valence-corrected chi connectivity index (χ1v) is 5.18. The van der Waals surface area contributed by atoms with Gasteiger partial charge < -0.3 is 10.0 Å². The minimum absolute atomic E-state index is 0.273. The summed E-state index contributed by atoms with van der Waals surface area (Å²) in [5.74, 6) is -4.93. The molecule has 1 heterocycles. The van der Waals surface area contributed by atoms with Gasteiger partial charge in [0, 0.05) is 25.9 Å². The number of likely N-dealkylation sites (tertiary alicyclic amines) is 1. The maximum absolute atomic E-state index is 13.3. The predicted octanol–water partition coefficient (Wildman–Crippen LogP) is 1.29. The van der Waals surface area contributed by atoms with E-state index in [0.29, 0.717) is 13.1 Å². The van der Waals surface area contributed by atoms with E-state index in [-0.39, 0.29) is 12.8 Å². The Hall–Kier alpha value is -0.710. The molecule has 5 heteroatoms. The number of carbonyl (C=O) groups is 1. The lowest BCUT2D eigenvalue weighted by molar-refractivity contribution is -0.164. The highest BCUT2D eigenvalue weighted by Crippen LogP contribution is 2.46. The van der Waals surface area contributed by atoms with Gasteiger partial charge in [-0.1, -0.05) is 0 Å². The van der Waals surface area contributed by atoms with E-state index in [2.05, 4.69) is 0 Å². The van der Waals surface area contributed by atoms with Gasteiger partial charge in [-0.3, -0.25) is 4.79 Å². The van der Waals surface area contributed by atoms with E-state index in [1.54, 1.807) is 0 Å². The first-order chi connectivity index (χ1) is 6.89. The molecule has 2 aliphatic rings. The molecule has 2 bridgehead atoms. The van der Waals surface area contributed by atoms with Crippen molar-refractivity contribution in [1.29, 1.82) is 0 Å². The van der Waals surface area contributed by atoms with Gasteiger partial charge in [-0.25, -0.2) is 8.78 Å². The molecule has 2 fully saturated rings. The van der Waals surface area contributed by atoms with E-state index >= 15 is 0 Å². The summed E-state index contributed by atoms with van der Waals surface area (Å²) in [4.78, 5) is 13.0. The Morgan fingerprint density at radius 2 is 1.80 bits per heavy atom. The Bertz CT molecular complexity index is 265. The zero-order valence-electron chi connectivity index (χ0n) is 8.62. The van der Waals surface area contributed by atoms with Crippen molar-refractivity contribution in [3.8, 4) is 0 Å². The quantitative estimate of drug-likeness (QED) is 0.722. The van der Waals surface area contributed by atoms with Crippen LogP contribution in [-0.2, 0) is 4.79 Å². The summed E-state index contributed by atoms with van der Waals surface area (Å²) in [5, 5.41) is 9.04. The van der Waals surface area contributed by atoms with Crippen molar-refractivity contribution in [2.75, 3.05) is 20.1 Å². The molecule has 1 saturated carbocycles. The van der Waals surface area contributed by atoms with E-state index in [1.165, 1.54) is 0 Å². The van der Waals surface area contributed by atoms with Gasteiger partial charge in [0.15, 0.2) is 0 Å². The van der Waals surface area contributed by atoms with Gasteiger partial charge in [-0.05, 0) is 18.9 Å². The molecule has 1 aliphatic heterocycles. The van der Waals surface area contributed by atoms with Gasteiger partial charge in [0.1, 0.15) is 0 Å². The van der Waals surface area contributed by atoms with Crippen molar-refractivity contribution in [2.45, 2.75) is 18.8 Å². The van der Waals surface area contributed by atoms with Crippen molar-refractivity contribution < 1.29 is 18.7 Å². The standard InChI is InChI=1S/C10H15F2NO2/c1-13-4-6-2-10(11,12)3-7(5-13)8(6)9(14)15/h6-8H,2-5H2,1H3,(H,14,15). The average Bonchev–Trinajstić information content (AvgIpc) is 1.97. The zero-order valence-corrected chi connectivity index (χ0v) is 8.62. The Kier molecular flexibility index (Phi) is 2.45. The number of rotatable bonds is 1. The highest BCUT2D eigenvalue weighted by Gasteiger charge is 2.52. The first kappa shape index (κ1) is 10.8. The number of carboxylic acids is 1. The first-order valence-electron chi connectivity index (χ1n) is 5.18. The van der Waals surface area contributed by atoms with Crippen molar-refractivity contribution in [1.82, 2.24) is 4.90 Å². The normalized spacial score (nSPS) is 40.1. The van der Waals surface area contributed by atoms with Crippen molar-refractivity contribution in [3.63, 3.8) is 0 Å². The molecule has 2 rings (SSSR count). The molecule has 1 aliphatic carbocycles. The van der Waals surface area contributed by atoms with Crippen LogP contribution in [0.5, 0.6) is 0 Å². The lowest BCUT2D eigenvalue weighted by atomic mass is 9.67. The Morgan fingerprint density at radius 3 is 2.20 bits per heavy atom. The minimum Gasteiger partial charge on any atom is -0.481 e. The monoisotopic (exact) mass is 219 g/mol. The number of aliphatic carboxylic acids is 1. The van der Waals surface area contributed by atoms with Gasteiger partial charge in [0.2, 0.25) is 5.92 Å². The van der Waals surface area contributed by atoms with Gasteiger partial charge in [0.25, 0.3) is 0 Å². The third-order valence-electron chi connectivity index (χ3n) is 3.51. The van der Waals surface area contributed by atoms with Gasteiger partial charge in [-0.2, -0.15) is 0 Å². The predicted molar refractivity (Wildman–Crippen MR) is 49.8 cm³/mol. The highest BCUT2D eigenvalue weighted by atomic mass is 19.3. The highest BCUT2D eigenvalue weighted by molar-refractivity contribution is 5.71. The molecule has 0 aromatic heterocycles. The van der Waals surface area contributed by atoms with Crippen LogP contribution in [0.15, 0.2) is 0 Å². The number of hydrogen-bond acceptors (Lipinski definition) is 2. The Morgan fingerprint density at radius 1 is 1.33 bits per heavy atom. The fraction of sp³-hybridized carbons (Fsp3) is 0.900. The maximum Gasteiger partial charge on any atom is 0.307 e. The molecule has 2 unspecified atom stereocenters. The van der Waals surface area contributed by atoms with E-state index < -0.39 is 29.6 Å². The van der Waals surface area contributed by atoms with E-state index in [0.717, 1.165) is 0 Å². The van der Waals surface area contributed by atoms with Gasteiger partial charge >= 0.3 is 5.97 Å². The van der Waals surface area contributed by atoms with Crippen LogP contribution in [0.3, 0.4) is 0 Å². The van der Waals surface area contributed by atoms with E-state index in [9.17, 15) is 13.6 Å². The fourth-order valence-electron chi connectivity index (χ4n) is 3.12. The molecule has 0 radical (unpaired) electrons. The number of nitrogens with zero attached hydrogens (tertiary/aromatic N) is 1. The maximum atomic E-state index is 13.3. The molecular weight excluding hydrogens is 204 g/mol. The minimum atomic E-state index is -2.66. The second-order valence-electron chi connectivity index (χ2n) is 4.87. The fourth-order valence-corrected chi connectivity index (χ4v) is 3.12. The van der Waals surface area contributed by atoms with Crippen LogP contribution < -0.4 is 0 Å². The van der Waals surface area contributed by atoms with Gasteiger partial charge in [-0.15, -0.1) is 0 Å². The van der Waals surface area contributed by atoms with Crippen LogP contribution >= 0.6 is 0 Å². The van der Waals surface area contributed by atoms with Crippen LogP contribution in [0.2, 0.25) is 0 Å². The van der Waals surface area contributed by atoms with Crippen LogP contribution in [0.25, 0.3) is 0 Å². The molecule has 15 heavy (non-hydrogen) atoms. The van der Waals surface area contributed by atoms with Crippen molar-refractivity contribution >= 4 is 5.97 Å². The summed E-state index contributed by atoms with van der Waals surface area (Å²) in [6.07, 6.45) is -0.546. The van der Waals surface area contributed by atoms with Crippen molar-refractivity contribution in [3.05, 3.63) is 0 Å². The number of piperidine rings is 1. The summed E-state index contributed by atoms with van der Waals surface area (Å²) in [6, 6.07) is 0.